The van der Waals surface area contributed by atoms with Gasteiger partial charge in [0.1, 0.15) is 5.82 Å². The molecule has 0 fully saturated rings. The van der Waals surface area contributed by atoms with E-state index < -0.39 is 35.6 Å². The van der Waals surface area contributed by atoms with Gasteiger partial charge in [-0.05, 0) is 53.9 Å². The summed E-state index contributed by atoms with van der Waals surface area (Å²) in [7, 11) is 0. The number of para-hydroxylation sites is 1. The minimum Gasteiger partial charge on any atom is -0.490 e. The number of fused-ring (bicyclic) bond motifs is 1. The molecule has 0 saturated heterocycles. The van der Waals surface area contributed by atoms with Crippen LogP contribution in [0.5, 0.6) is 11.5 Å². The second-order valence-corrected chi connectivity index (χ2v) is 8.16. The molecule has 0 spiro atoms. The monoisotopic (exact) mass is 489 g/mol. The number of amides is 1. The number of aliphatic hydroxyl groups excluding tert-OH is 1. The van der Waals surface area contributed by atoms with Crippen LogP contribution in [-0.2, 0) is 12.6 Å². The first-order valence-electron chi connectivity index (χ1n) is 11.0. The summed E-state index contributed by atoms with van der Waals surface area (Å²) in [5.41, 5.74) is 0.212. The third kappa shape index (κ3) is 5.92. The van der Waals surface area contributed by atoms with Crippen molar-refractivity contribution in [3.05, 3.63) is 94.8 Å². The average molecular weight is 489 g/mol. The summed E-state index contributed by atoms with van der Waals surface area (Å²) in [6, 6.07) is 13.6. The highest BCUT2D eigenvalue weighted by Gasteiger charge is 2.31. The highest BCUT2D eigenvalue weighted by molar-refractivity contribution is 5.98. The standard InChI is InChI=1S/C26H23F4NO4/c27-19-11-7-17(8-12-19)23(32)21(15-16-5-9-18(10-6-16)26(28,29)30)31-25(33)20-3-1-4-22-24(20)35-14-2-13-34-22/h1,3-12,21,23,32H,2,13-15H2,(H,31,33). The van der Waals surface area contributed by atoms with Crippen molar-refractivity contribution in [3.63, 3.8) is 0 Å². The summed E-state index contributed by atoms with van der Waals surface area (Å²) in [5, 5.41) is 13.8. The van der Waals surface area contributed by atoms with E-state index in [1.165, 1.54) is 36.4 Å². The van der Waals surface area contributed by atoms with Gasteiger partial charge in [-0.1, -0.05) is 30.3 Å². The van der Waals surface area contributed by atoms with E-state index in [2.05, 4.69) is 5.32 Å². The molecule has 35 heavy (non-hydrogen) atoms. The Kier molecular flexibility index (Phi) is 7.25. The summed E-state index contributed by atoms with van der Waals surface area (Å²) in [6.07, 6.45) is -5.07. The molecule has 0 aliphatic carbocycles. The van der Waals surface area contributed by atoms with E-state index in [9.17, 15) is 27.5 Å². The van der Waals surface area contributed by atoms with Gasteiger partial charge in [-0.3, -0.25) is 4.79 Å². The van der Waals surface area contributed by atoms with Gasteiger partial charge in [0.25, 0.3) is 5.91 Å². The molecular weight excluding hydrogens is 466 g/mol. The van der Waals surface area contributed by atoms with Crippen molar-refractivity contribution >= 4 is 5.91 Å². The lowest BCUT2D eigenvalue weighted by Crippen LogP contribution is -2.41. The molecule has 1 aliphatic rings. The van der Waals surface area contributed by atoms with Crippen LogP contribution in [0.1, 0.15) is 39.6 Å². The molecule has 2 N–H and O–H groups in total. The second kappa shape index (κ2) is 10.4. The van der Waals surface area contributed by atoms with Crippen LogP contribution in [0.2, 0.25) is 0 Å². The summed E-state index contributed by atoms with van der Waals surface area (Å²) >= 11 is 0. The Hall–Kier alpha value is -3.59. The van der Waals surface area contributed by atoms with E-state index in [4.69, 9.17) is 9.47 Å². The average Bonchev–Trinajstić information content (AvgIpc) is 3.09. The zero-order valence-electron chi connectivity index (χ0n) is 18.5. The van der Waals surface area contributed by atoms with Crippen molar-refractivity contribution in [2.75, 3.05) is 13.2 Å². The molecule has 0 saturated carbocycles. The maximum atomic E-state index is 13.4. The third-order valence-electron chi connectivity index (χ3n) is 5.66. The van der Waals surface area contributed by atoms with Crippen LogP contribution in [0.25, 0.3) is 0 Å². The molecule has 0 aromatic heterocycles. The fourth-order valence-electron chi connectivity index (χ4n) is 3.84. The number of ether oxygens (including phenoxy) is 2. The first-order valence-corrected chi connectivity index (χ1v) is 11.0. The molecule has 1 heterocycles. The predicted molar refractivity (Wildman–Crippen MR) is 120 cm³/mol. The van der Waals surface area contributed by atoms with Gasteiger partial charge in [0, 0.05) is 6.42 Å². The molecule has 1 amide bonds. The maximum Gasteiger partial charge on any atom is 0.416 e. The molecule has 2 atom stereocenters. The van der Waals surface area contributed by atoms with Crippen LogP contribution < -0.4 is 14.8 Å². The smallest absolute Gasteiger partial charge is 0.416 e. The number of nitrogens with one attached hydrogen (secondary N) is 1. The lowest BCUT2D eigenvalue weighted by Gasteiger charge is -2.25. The minimum absolute atomic E-state index is 0.0226. The minimum atomic E-state index is -4.48. The fraction of sp³-hybridized carbons (Fsp3) is 0.269. The van der Waals surface area contributed by atoms with E-state index in [0.29, 0.717) is 36.5 Å². The molecule has 184 valence electrons. The molecule has 3 aromatic carbocycles. The molecule has 0 radical (unpaired) electrons. The van der Waals surface area contributed by atoms with E-state index in [1.807, 2.05) is 0 Å². The SMILES string of the molecule is O=C(NC(Cc1ccc(C(F)(F)F)cc1)C(O)c1ccc(F)cc1)c1cccc2c1OCCCO2. The van der Waals surface area contributed by atoms with Crippen molar-refractivity contribution in [3.8, 4) is 11.5 Å². The van der Waals surface area contributed by atoms with Gasteiger partial charge >= 0.3 is 6.18 Å². The lowest BCUT2D eigenvalue weighted by atomic mass is 9.95. The number of alkyl halides is 3. The van der Waals surface area contributed by atoms with E-state index in [-0.39, 0.29) is 17.7 Å². The van der Waals surface area contributed by atoms with Gasteiger partial charge in [-0.15, -0.1) is 0 Å². The van der Waals surface area contributed by atoms with Crippen molar-refractivity contribution in [2.45, 2.75) is 31.2 Å². The van der Waals surface area contributed by atoms with Crippen LogP contribution in [-0.4, -0.2) is 30.3 Å². The number of benzene rings is 3. The molecule has 9 heteroatoms. The molecular formula is C26H23F4NO4. The van der Waals surface area contributed by atoms with Gasteiger partial charge in [-0.25, -0.2) is 4.39 Å². The number of hydrogen-bond acceptors (Lipinski definition) is 4. The predicted octanol–water partition coefficient (Wildman–Crippen LogP) is 5.08. The van der Waals surface area contributed by atoms with Crippen LogP contribution in [0.4, 0.5) is 17.6 Å². The Morgan fingerprint density at radius 2 is 1.66 bits per heavy atom. The Morgan fingerprint density at radius 1 is 0.971 bits per heavy atom. The highest BCUT2D eigenvalue weighted by Crippen LogP contribution is 2.34. The van der Waals surface area contributed by atoms with Crippen molar-refractivity contribution in [2.24, 2.45) is 0 Å². The quantitative estimate of drug-likeness (QED) is 0.474. The van der Waals surface area contributed by atoms with Gasteiger partial charge in [0.15, 0.2) is 11.5 Å². The number of aliphatic hydroxyl groups is 1. The summed E-state index contributed by atoms with van der Waals surface area (Å²) < 4.78 is 63.5. The number of carbonyl (C=O) groups is 1. The van der Waals surface area contributed by atoms with Gasteiger partial charge in [0.2, 0.25) is 0 Å². The second-order valence-electron chi connectivity index (χ2n) is 8.16. The Morgan fingerprint density at radius 3 is 2.34 bits per heavy atom. The molecule has 2 unspecified atom stereocenters. The van der Waals surface area contributed by atoms with E-state index in [1.54, 1.807) is 18.2 Å². The largest absolute Gasteiger partial charge is 0.490 e. The van der Waals surface area contributed by atoms with E-state index >= 15 is 0 Å². The zero-order chi connectivity index (χ0) is 25.0. The topological polar surface area (TPSA) is 67.8 Å². The first-order chi connectivity index (χ1) is 16.7. The lowest BCUT2D eigenvalue weighted by molar-refractivity contribution is -0.137. The van der Waals surface area contributed by atoms with Crippen molar-refractivity contribution < 1.29 is 36.9 Å². The number of hydrogen-bond donors (Lipinski definition) is 2. The molecule has 1 aliphatic heterocycles. The van der Waals surface area contributed by atoms with Crippen LogP contribution in [0.15, 0.2) is 66.7 Å². The van der Waals surface area contributed by atoms with Crippen molar-refractivity contribution in [1.29, 1.82) is 0 Å². The van der Waals surface area contributed by atoms with Gasteiger partial charge in [0.05, 0.1) is 36.5 Å². The number of carbonyl (C=O) groups excluding carboxylic acids is 1. The zero-order valence-corrected chi connectivity index (χ0v) is 18.5. The Labute approximate surface area is 199 Å². The molecule has 5 nitrogen and oxygen atoms in total. The maximum absolute atomic E-state index is 13.4. The molecule has 3 aromatic rings. The number of halogens is 4. The normalized spacial score (nSPS) is 15.1. The molecule has 0 bridgehead atoms. The number of rotatable bonds is 6. The Balaban J connectivity index is 1.61. The highest BCUT2D eigenvalue weighted by atomic mass is 19.4. The van der Waals surface area contributed by atoms with Crippen LogP contribution in [0, 0.1) is 5.82 Å². The Bertz CT molecular complexity index is 1160. The van der Waals surface area contributed by atoms with E-state index in [0.717, 1.165) is 12.1 Å². The van der Waals surface area contributed by atoms with Crippen molar-refractivity contribution in [1.82, 2.24) is 5.32 Å². The first kappa shape index (κ1) is 24.5. The third-order valence-corrected chi connectivity index (χ3v) is 5.66. The van der Waals surface area contributed by atoms with Crippen LogP contribution >= 0.6 is 0 Å². The van der Waals surface area contributed by atoms with Crippen LogP contribution in [0.3, 0.4) is 0 Å². The summed E-state index contributed by atoms with van der Waals surface area (Å²) in [5.74, 6) is -0.334. The van der Waals surface area contributed by atoms with Gasteiger partial charge in [-0.2, -0.15) is 13.2 Å². The summed E-state index contributed by atoms with van der Waals surface area (Å²) in [4.78, 5) is 13.2. The molecule has 4 rings (SSSR count). The van der Waals surface area contributed by atoms with Gasteiger partial charge < -0.3 is 19.9 Å². The summed E-state index contributed by atoms with van der Waals surface area (Å²) in [6.45, 7) is 0.808. The fourth-order valence-corrected chi connectivity index (χ4v) is 3.84.